The van der Waals surface area contributed by atoms with Crippen LogP contribution in [-0.4, -0.2) is 36.4 Å². The summed E-state index contributed by atoms with van der Waals surface area (Å²) in [6, 6.07) is 1.09. The lowest BCUT2D eigenvalue weighted by Crippen LogP contribution is -2.25. The molecule has 154 valence electrons. The number of ether oxygens (including phenoxy) is 2. The summed E-state index contributed by atoms with van der Waals surface area (Å²) < 4.78 is 24.1. The highest BCUT2D eigenvalue weighted by Crippen LogP contribution is 2.25. The minimum atomic E-state index is -0.891. The highest BCUT2D eigenvalue weighted by molar-refractivity contribution is 6.33. The van der Waals surface area contributed by atoms with Crippen molar-refractivity contribution >= 4 is 41.0 Å². The SMILES string of the molecule is CCOC(=O)C(C)C(CC)=NC(=O)Nc1cc(C(=O)OC(C)C)c(Cl)cc1F. The van der Waals surface area contributed by atoms with Crippen LogP contribution in [0.5, 0.6) is 0 Å². The summed E-state index contributed by atoms with van der Waals surface area (Å²) in [7, 11) is 0. The van der Waals surface area contributed by atoms with Gasteiger partial charge in [-0.3, -0.25) is 4.79 Å². The first-order valence-corrected chi connectivity index (χ1v) is 9.23. The van der Waals surface area contributed by atoms with Crippen molar-refractivity contribution in [3.63, 3.8) is 0 Å². The molecule has 0 heterocycles. The monoisotopic (exact) mass is 414 g/mol. The molecule has 9 heteroatoms. The molecule has 1 N–H and O–H groups in total. The lowest BCUT2D eigenvalue weighted by Gasteiger charge is -2.13. The smallest absolute Gasteiger partial charge is 0.345 e. The number of amides is 2. The van der Waals surface area contributed by atoms with Gasteiger partial charge in [-0.2, -0.15) is 0 Å². The van der Waals surface area contributed by atoms with Gasteiger partial charge < -0.3 is 14.8 Å². The first kappa shape index (κ1) is 23.6. The second kappa shape index (κ2) is 10.8. The Labute approximate surface area is 168 Å². The van der Waals surface area contributed by atoms with Gasteiger partial charge in [0.2, 0.25) is 0 Å². The number of halogens is 2. The number of hydrogen-bond donors (Lipinski definition) is 1. The maximum absolute atomic E-state index is 14.1. The van der Waals surface area contributed by atoms with E-state index < -0.39 is 35.8 Å². The standard InChI is InChI=1S/C19H24ClFN2O5/c1-6-15(11(5)17(24)27-7-2)22-19(26)23-16-8-12(13(20)9-14(16)21)18(25)28-10(3)4/h8-11H,6-7H2,1-5H3,(H,23,26). The van der Waals surface area contributed by atoms with Crippen molar-refractivity contribution in [2.24, 2.45) is 10.9 Å². The van der Waals surface area contributed by atoms with Crippen LogP contribution in [0.4, 0.5) is 14.9 Å². The number of anilines is 1. The molecule has 0 radical (unpaired) electrons. The number of aliphatic imine (C=N–C) groups is 1. The van der Waals surface area contributed by atoms with E-state index in [1.54, 1.807) is 34.6 Å². The molecule has 1 rings (SSSR count). The molecular formula is C19H24ClFN2O5. The summed E-state index contributed by atoms with van der Waals surface area (Å²) in [5.41, 5.74) is -0.0930. The van der Waals surface area contributed by atoms with E-state index in [4.69, 9.17) is 21.1 Å². The second-order valence-electron chi connectivity index (χ2n) is 6.13. The van der Waals surface area contributed by atoms with Crippen LogP contribution in [0.1, 0.15) is 51.4 Å². The highest BCUT2D eigenvalue weighted by atomic mass is 35.5. The van der Waals surface area contributed by atoms with Gasteiger partial charge in [0.25, 0.3) is 0 Å². The first-order valence-electron chi connectivity index (χ1n) is 8.85. The minimum Gasteiger partial charge on any atom is -0.465 e. The molecule has 0 aromatic heterocycles. The second-order valence-corrected chi connectivity index (χ2v) is 6.53. The summed E-state index contributed by atoms with van der Waals surface area (Å²) >= 11 is 5.90. The van der Waals surface area contributed by atoms with E-state index >= 15 is 0 Å². The third-order valence-corrected chi connectivity index (χ3v) is 3.92. The van der Waals surface area contributed by atoms with E-state index in [2.05, 4.69) is 10.3 Å². The maximum Gasteiger partial charge on any atom is 0.345 e. The van der Waals surface area contributed by atoms with Crippen molar-refractivity contribution in [2.45, 2.75) is 47.1 Å². The average Bonchev–Trinajstić information content (AvgIpc) is 2.60. The Hall–Kier alpha value is -2.48. The molecule has 0 fully saturated rings. The van der Waals surface area contributed by atoms with Crippen LogP contribution < -0.4 is 5.32 Å². The van der Waals surface area contributed by atoms with E-state index in [1.165, 1.54) is 0 Å². The lowest BCUT2D eigenvalue weighted by molar-refractivity contribution is -0.145. The van der Waals surface area contributed by atoms with Crippen molar-refractivity contribution in [2.75, 3.05) is 11.9 Å². The van der Waals surface area contributed by atoms with Crippen LogP contribution in [0.2, 0.25) is 5.02 Å². The molecule has 0 bridgehead atoms. The van der Waals surface area contributed by atoms with Crippen LogP contribution >= 0.6 is 11.6 Å². The molecular weight excluding hydrogens is 391 g/mol. The quantitative estimate of drug-likeness (QED) is 0.518. The Bertz CT molecular complexity index is 780. The topological polar surface area (TPSA) is 94.1 Å². The van der Waals surface area contributed by atoms with Crippen LogP contribution in [0, 0.1) is 11.7 Å². The summed E-state index contributed by atoms with van der Waals surface area (Å²) in [4.78, 5) is 39.9. The van der Waals surface area contributed by atoms with E-state index in [9.17, 15) is 18.8 Å². The van der Waals surface area contributed by atoms with Gasteiger partial charge in [0.1, 0.15) is 5.82 Å². The van der Waals surface area contributed by atoms with Crippen LogP contribution in [0.15, 0.2) is 17.1 Å². The Morgan fingerprint density at radius 2 is 1.86 bits per heavy atom. The largest absolute Gasteiger partial charge is 0.465 e. The average molecular weight is 415 g/mol. The fourth-order valence-corrected chi connectivity index (χ4v) is 2.47. The zero-order chi connectivity index (χ0) is 21.4. The summed E-state index contributed by atoms with van der Waals surface area (Å²) in [6.45, 7) is 8.48. The zero-order valence-corrected chi connectivity index (χ0v) is 17.2. The molecule has 2 amide bonds. The Kier molecular flexibility index (Phi) is 9.05. The van der Waals surface area contributed by atoms with Crippen molar-refractivity contribution in [3.8, 4) is 0 Å². The molecule has 1 aromatic carbocycles. The third kappa shape index (κ3) is 6.60. The van der Waals surface area contributed by atoms with Gasteiger partial charge in [-0.1, -0.05) is 18.5 Å². The minimum absolute atomic E-state index is 0.0911. The molecule has 1 aromatic rings. The molecule has 1 unspecified atom stereocenters. The molecule has 1 atom stereocenters. The zero-order valence-electron chi connectivity index (χ0n) is 16.5. The molecule has 0 saturated carbocycles. The van der Waals surface area contributed by atoms with Crippen molar-refractivity contribution in [1.29, 1.82) is 0 Å². The molecule has 28 heavy (non-hydrogen) atoms. The first-order chi connectivity index (χ1) is 13.1. The fraction of sp³-hybridized carbons (Fsp3) is 0.474. The number of esters is 2. The third-order valence-electron chi connectivity index (χ3n) is 3.61. The molecule has 0 saturated heterocycles. The molecule has 0 aliphatic heterocycles. The molecule has 0 spiro atoms. The van der Waals surface area contributed by atoms with Gasteiger partial charge in [-0.15, -0.1) is 0 Å². The highest BCUT2D eigenvalue weighted by Gasteiger charge is 2.22. The predicted octanol–water partition coefficient (Wildman–Crippen LogP) is 4.63. The van der Waals surface area contributed by atoms with Crippen LogP contribution in [-0.2, 0) is 14.3 Å². The van der Waals surface area contributed by atoms with Gasteiger partial charge in [-0.05, 0) is 46.2 Å². The van der Waals surface area contributed by atoms with E-state index in [-0.39, 0.29) is 28.6 Å². The Morgan fingerprint density at radius 1 is 1.21 bits per heavy atom. The summed E-state index contributed by atoms with van der Waals surface area (Å²) in [5, 5.41) is 2.11. The maximum atomic E-state index is 14.1. The summed E-state index contributed by atoms with van der Waals surface area (Å²) in [6.07, 6.45) is -0.0737. The van der Waals surface area contributed by atoms with Gasteiger partial charge >= 0.3 is 18.0 Å². The fourth-order valence-electron chi connectivity index (χ4n) is 2.24. The van der Waals surface area contributed by atoms with Gasteiger partial charge in [-0.25, -0.2) is 19.0 Å². The number of benzene rings is 1. The normalized spacial score (nSPS) is 12.5. The van der Waals surface area contributed by atoms with Crippen molar-refractivity contribution in [1.82, 2.24) is 0 Å². The number of rotatable bonds is 7. The molecule has 0 aliphatic rings. The number of carbonyl (C=O) groups is 3. The Morgan fingerprint density at radius 3 is 2.39 bits per heavy atom. The predicted molar refractivity (Wildman–Crippen MR) is 105 cm³/mol. The van der Waals surface area contributed by atoms with Crippen LogP contribution in [0.25, 0.3) is 0 Å². The van der Waals surface area contributed by atoms with Crippen molar-refractivity contribution in [3.05, 3.63) is 28.5 Å². The molecule has 0 aliphatic carbocycles. The lowest BCUT2D eigenvalue weighted by atomic mass is 10.0. The number of urea groups is 1. The van der Waals surface area contributed by atoms with E-state index in [0.29, 0.717) is 6.42 Å². The van der Waals surface area contributed by atoms with E-state index in [1.807, 2.05) is 0 Å². The number of hydrogen-bond acceptors (Lipinski definition) is 5. The van der Waals surface area contributed by atoms with Gasteiger partial charge in [0.15, 0.2) is 0 Å². The van der Waals surface area contributed by atoms with Crippen molar-refractivity contribution < 1.29 is 28.2 Å². The summed E-state index contributed by atoms with van der Waals surface area (Å²) in [5.74, 6) is -2.81. The Balaban J connectivity index is 3.07. The van der Waals surface area contributed by atoms with Crippen LogP contribution in [0.3, 0.4) is 0 Å². The molecule has 7 nitrogen and oxygen atoms in total. The number of carbonyl (C=O) groups excluding carboxylic acids is 3. The number of nitrogens with one attached hydrogen (secondary N) is 1. The number of nitrogens with zero attached hydrogens (tertiary/aromatic N) is 1. The van der Waals surface area contributed by atoms with Gasteiger partial charge in [0, 0.05) is 5.71 Å². The van der Waals surface area contributed by atoms with Gasteiger partial charge in [0.05, 0.1) is 34.9 Å². The van der Waals surface area contributed by atoms with E-state index in [0.717, 1.165) is 12.1 Å².